The van der Waals surface area contributed by atoms with Gasteiger partial charge in [0.2, 0.25) is 10.0 Å². The fourth-order valence-electron chi connectivity index (χ4n) is 1.97. The van der Waals surface area contributed by atoms with Crippen molar-refractivity contribution in [3.8, 4) is 0 Å². The van der Waals surface area contributed by atoms with Crippen molar-refractivity contribution in [2.45, 2.75) is 38.1 Å². The van der Waals surface area contributed by atoms with Gasteiger partial charge in [-0.3, -0.25) is 0 Å². The zero-order chi connectivity index (χ0) is 14.6. The fourth-order valence-corrected chi connectivity index (χ4v) is 3.74. The van der Waals surface area contributed by atoms with Gasteiger partial charge < -0.3 is 10.8 Å². The molecule has 0 aliphatic carbocycles. The minimum atomic E-state index is -3.67. The van der Waals surface area contributed by atoms with Crippen molar-refractivity contribution in [1.82, 2.24) is 4.72 Å². The summed E-state index contributed by atoms with van der Waals surface area (Å²) in [4.78, 5) is 0.124. The number of nitrogens with two attached hydrogens (primary N) is 1. The van der Waals surface area contributed by atoms with Gasteiger partial charge in [-0.2, -0.15) is 0 Å². The molecule has 0 aliphatic heterocycles. The van der Waals surface area contributed by atoms with Crippen molar-refractivity contribution in [2.75, 3.05) is 12.3 Å². The highest BCUT2D eigenvalue weighted by molar-refractivity contribution is 7.89. The Kier molecular flexibility index (Phi) is 5.34. The number of aryl methyl sites for hydroxylation is 1. The maximum Gasteiger partial charge on any atom is 0.243 e. The molecule has 0 aliphatic rings. The molecule has 6 heteroatoms. The molecule has 0 saturated carbocycles. The SMILES string of the molecule is Cc1cccc(N)c1S(=O)(=O)NC(CCO)C(C)C. The van der Waals surface area contributed by atoms with E-state index in [4.69, 9.17) is 10.8 Å². The van der Waals surface area contributed by atoms with Crippen molar-refractivity contribution >= 4 is 15.7 Å². The molecule has 0 radical (unpaired) electrons. The van der Waals surface area contributed by atoms with E-state index in [2.05, 4.69) is 4.72 Å². The summed E-state index contributed by atoms with van der Waals surface area (Å²) >= 11 is 0. The largest absolute Gasteiger partial charge is 0.398 e. The summed E-state index contributed by atoms with van der Waals surface area (Å²) in [6, 6.07) is 4.69. The van der Waals surface area contributed by atoms with Crippen LogP contribution in [0.15, 0.2) is 23.1 Å². The second kappa shape index (κ2) is 6.36. The molecule has 0 saturated heterocycles. The molecule has 1 aromatic rings. The highest BCUT2D eigenvalue weighted by Gasteiger charge is 2.25. The summed E-state index contributed by atoms with van der Waals surface area (Å²) in [6.45, 7) is 5.46. The Morgan fingerprint density at radius 2 is 2.00 bits per heavy atom. The Hall–Kier alpha value is -1.11. The second-order valence-electron chi connectivity index (χ2n) is 4.98. The van der Waals surface area contributed by atoms with Crippen LogP contribution in [0.2, 0.25) is 0 Å². The number of hydrogen-bond acceptors (Lipinski definition) is 4. The summed E-state index contributed by atoms with van der Waals surface area (Å²) in [5.74, 6) is 0.0900. The average molecular weight is 286 g/mol. The second-order valence-corrected chi connectivity index (χ2v) is 6.63. The van der Waals surface area contributed by atoms with Crippen LogP contribution in [0.5, 0.6) is 0 Å². The molecule has 19 heavy (non-hydrogen) atoms. The third-order valence-corrected chi connectivity index (χ3v) is 4.77. The van der Waals surface area contributed by atoms with Crippen LogP contribution < -0.4 is 10.5 Å². The Morgan fingerprint density at radius 1 is 1.37 bits per heavy atom. The number of nitrogens with one attached hydrogen (secondary N) is 1. The van der Waals surface area contributed by atoms with Crippen LogP contribution in [-0.4, -0.2) is 26.2 Å². The summed E-state index contributed by atoms with van der Waals surface area (Å²) in [7, 11) is -3.67. The van der Waals surface area contributed by atoms with Crippen LogP contribution in [0.25, 0.3) is 0 Å². The first-order valence-corrected chi connectivity index (χ1v) is 7.76. The van der Waals surface area contributed by atoms with Gasteiger partial charge in [-0.25, -0.2) is 13.1 Å². The van der Waals surface area contributed by atoms with Crippen LogP contribution >= 0.6 is 0 Å². The van der Waals surface area contributed by atoms with Crippen LogP contribution in [0.3, 0.4) is 0 Å². The van der Waals surface area contributed by atoms with E-state index < -0.39 is 10.0 Å². The maximum absolute atomic E-state index is 12.4. The van der Waals surface area contributed by atoms with Crippen LogP contribution in [0, 0.1) is 12.8 Å². The minimum absolute atomic E-state index is 0.0609. The predicted molar refractivity (Wildman–Crippen MR) is 76.2 cm³/mol. The lowest BCUT2D eigenvalue weighted by atomic mass is 10.0. The topological polar surface area (TPSA) is 92.4 Å². The zero-order valence-corrected chi connectivity index (χ0v) is 12.4. The summed E-state index contributed by atoms with van der Waals surface area (Å²) in [5.41, 5.74) is 6.61. The van der Waals surface area contributed by atoms with Crippen molar-refractivity contribution in [2.24, 2.45) is 5.92 Å². The smallest absolute Gasteiger partial charge is 0.243 e. The van der Waals surface area contributed by atoms with E-state index in [1.54, 1.807) is 25.1 Å². The highest BCUT2D eigenvalue weighted by Crippen LogP contribution is 2.23. The molecule has 1 rings (SSSR count). The Bertz CT molecular complexity index is 506. The highest BCUT2D eigenvalue weighted by atomic mass is 32.2. The molecule has 1 unspecified atom stereocenters. The Labute approximate surface area is 114 Å². The first kappa shape index (κ1) is 15.9. The van der Waals surface area contributed by atoms with Gasteiger partial charge in [0.25, 0.3) is 0 Å². The number of aliphatic hydroxyl groups is 1. The molecule has 0 bridgehead atoms. The summed E-state index contributed by atoms with van der Waals surface area (Å²) < 4.78 is 27.4. The number of anilines is 1. The number of sulfonamides is 1. The molecule has 1 atom stereocenters. The number of rotatable bonds is 6. The van der Waals surface area contributed by atoms with Crippen LogP contribution in [-0.2, 0) is 10.0 Å². The predicted octanol–water partition coefficient (Wildman–Crippen LogP) is 1.26. The first-order chi connectivity index (χ1) is 8.79. The van der Waals surface area contributed by atoms with Gasteiger partial charge in [0.1, 0.15) is 4.90 Å². The van der Waals surface area contributed by atoms with E-state index in [1.807, 2.05) is 13.8 Å². The molecule has 0 amide bonds. The maximum atomic E-state index is 12.4. The van der Waals surface area contributed by atoms with E-state index >= 15 is 0 Å². The molecule has 1 aromatic carbocycles. The minimum Gasteiger partial charge on any atom is -0.398 e. The first-order valence-electron chi connectivity index (χ1n) is 6.28. The van der Waals surface area contributed by atoms with Gasteiger partial charge in [-0.1, -0.05) is 26.0 Å². The molecule has 5 nitrogen and oxygen atoms in total. The summed E-state index contributed by atoms with van der Waals surface area (Å²) in [5, 5.41) is 9.00. The van der Waals surface area contributed by atoms with E-state index in [0.717, 1.165) is 0 Å². The van der Waals surface area contributed by atoms with Crippen molar-refractivity contribution in [1.29, 1.82) is 0 Å². The van der Waals surface area contributed by atoms with Crippen molar-refractivity contribution in [3.63, 3.8) is 0 Å². The molecular formula is C13H22N2O3S. The molecule has 0 spiro atoms. The molecule has 108 valence electrons. The van der Waals surface area contributed by atoms with Gasteiger partial charge >= 0.3 is 0 Å². The van der Waals surface area contributed by atoms with E-state index in [1.165, 1.54) is 0 Å². The monoisotopic (exact) mass is 286 g/mol. The quantitative estimate of drug-likeness (QED) is 0.686. The lowest BCUT2D eigenvalue weighted by Gasteiger charge is -2.22. The standard InChI is InChI=1S/C13H22N2O3S/c1-9(2)12(7-8-16)15-19(17,18)13-10(3)5-4-6-11(13)14/h4-6,9,12,15-16H,7-8,14H2,1-3H3. The number of nitrogen functional groups attached to an aromatic ring is 1. The van der Waals surface area contributed by atoms with Gasteiger partial charge in [0, 0.05) is 12.6 Å². The average Bonchev–Trinajstić information content (AvgIpc) is 2.27. The van der Waals surface area contributed by atoms with E-state index in [0.29, 0.717) is 12.0 Å². The van der Waals surface area contributed by atoms with E-state index in [-0.39, 0.29) is 29.1 Å². The molecule has 0 aromatic heterocycles. The van der Waals surface area contributed by atoms with Crippen molar-refractivity contribution < 1.29 is 13.5 Å². The lowest BCUT2D eigenvalue weighted by molar-refractivity contribution is 0.256. The van der Waals surface area contributed by atoms with Gasteiger partial charge in [-0.15, -0.1) is 0 Å². The number of aliphatic hydroxyl groups excluding tert-OH is 1. The Morgan fingerprint density at radius 3 is 2.47 bits per heavy atom. The third kappa shape index (κ3) is 3.92. The zero-order valence-electron chi connectivity index (χ0n) is 11.6. The van der Waals surface area contributed by atoms with Crippen LogP contribution in [0.4, 0.5) is 5.69 Å². The van der Waals surface area contributed by atoms with Gasteiger partial charge in [0.15, 0.2) is 0 Å². The van der Waals surface area contributed by atoms with Gasteiger partial charge in [0.05, 0.1) is 5.69 Å². The molecule has 0 fully saturated rings. The summed E-state index contributed by atoms with van der Waals surface area (Å²) in [6.07, 6.45) is 0.378. The van der Waals surface area contributed by atoms with Crippen molar-refractivity contribution in [3.05, 3.63) is 23.8 Å². The van der Waals surface area contributed by atoms with E-state index in [9.17, 15) is 8.42 Å². The Balaban J connectivity index is 3.10. The molecular weight excluding hydrogens is 264 g/mol. The number of benzene rings is 1. The normalized spacial score (nSPS) is 13.7. The van der Waals surface area contributed by atoms with Gasteiger partial charge in [-0.05, 0) is 30.9 Å². The fraction of sp³-hybridized carbons (Fsp3) is 0.538. The third-order valence-electron chi connectivity index (χ3n) is 3.06. The molecule has 4 N–H and O–H groups in total. The number of hydrogen-bond donors (Lipinski definition) is 3. The van der Waals surface area contributed by atoms with Crippen LogP contribution in [0.1, 0.15) is 25.8 Å². The lowest BCUT2D eigenvalue weighted by Crippen LogP contribution is -2.39. The molecule has 0 heterocycles.